The van der Waals surface area contributed by atoms with Crippen molar-refractivity contribution >= 4 is 0 Å². The van der Waals surface area contributed by atoms with Crippen molar-refractivity contribution in [2.45, 2.75) is 38.7 Å². The van der Waals surface area contributed by atoms with Gasteiger partial charge < -0.3 is 5.11 Å². The Hall–Kier alpha value is -1.67. The molecular formula is C17H19NO. The Morgan fingerprint density at radius 3 is 2.89 bits per heavy atom. The highest BCUT2D eigenvalue weighted by Crippen LogP contribution is 2.26. The van der Waals surface area contributed by atoms with Gasteiger partial charge in [-0.1, -0.05) is 18.2 Å². The van der Waals surface area contributed by atoms with Gasteiger partial charge in [0.2, 0.25) is 0 Å². The minimum atomic E-state index is -0.465. The summed E-state index contributed by atoms with van der Waals surface area (Å²) in [5.74, 6) is 0. The molecule has 1 aliphatic rings. The topological polar surface area (TPSA) is 33.1 Å². The first-order valence-corrected chi connectivity index (χ1v) is 6.93. The maximum Gasteiger partial charge on any atom is 0.0847 e. The molecule has 0 amide bonds. The summed E-state index contributed by atoms with van der Waals surface area (Å²) in [6.07, 6.45) is 7.40. The van der Waals surface area contributed by atoms with Gasteiger partial charge in [-0.3, -0.25) is 4.98 Å². The van der Waals surface area contributed by atoms with Gasteiger partial charge in [0.25, 0.3) is 0 Å². The van der Waals surface area contributed by atoms with Crippen molar-refractivity contribution in [3.05, 3.63) is 64.5 Å². The predicted octanol–water partition coefficient (Wildman–Crippen LogP) is 3.15. The third-order valence-corrected chi connectivity index (χ3v) is 4.03. The van der Waals surface area contributed by atoms with E-state index >= 15 is 0 Å². The molecule has 98 valence electrons. The molecule has 0 fully saturated rings. The van der Waals surface area contributed by atoms with Crippen LogP contribution in [-0.2, 0) is 19.3 Å². The SMILES string of the molecule is Cc1ccncc1C(O)Cc1ccc2c(c1)CCC2. The Morgan fingerprint density at radius 1 is 1.21 bits per heavy atom. The van der Waals surface area contributed by atoms with Crippen molar-refractivity contribution in [2.24, 2.45) is 0 Å². The maximum absolute atomic E-state index is 10.4. The second-order valence-corrected chi connectivity index (χ2v) is 5.41. The van der Waals surface area contributed by atoms with E-state index in [1.54, 1.807) is 12.4 Å². The van der Waals surface area contributed by atoms with Gasteiger partial charge in [-0.05, 0) is 54.5 Å². The van der Waals surface area contributed by atoms with Crippen molar-refractivity contribution in [1.29, 1.82) is 0 Å². The maximum atomic E-state index is 10.4. The van der Waals surface area contributed by atoms with Crippen molar-refractivity contribution in [3.63, 3.8) is 0 Å². The van der Waals surface area contributed by atoms with Crippen LogP contribution in [0.3, 0.4) is 0 Å². The molecule has 0 aliphatic heterocycles. The highest BCUT2D eigenvalue weighted by Gasteiger charge is 2.14. The van der Waals surface area contributed by atoms with E-state index in [-0.39, 0.29) is 0 Å². The van der Waals surface area contributed by atoms with Crippen LogP contribution in [0, 0.1) is 6.92 Å². The summed E-state index contributed by atoms with van der Waals surface area (Å²) in [5, 5.41) is 10.4. The zero-order valence-electron chi connectivity index (χ0n) is 11.3. The summed E-state index contributed by atoms with van der Waals surface area (Å²) in [6.45, 7) is 2.02. The van der Waals surface area contributed by atoms with Crippen molar-refractivity contribution in [2.75, 3.05) is 0 Å². The summed E-state index contributed by atoms with van der Waals surface area (Å²) in [5.41, 5.74) is 6.20. The predicted molar refractivity (Wildman–Crippen MR) is 76.1 cm³/mol. The van der Waals surface area contributed by atoms with Crippen molar-refractivity contribution in [1.82, 2.24) is 4.98 Å². The minimum absolute atomic E-state index is 0.465. The van der Waals surface area contributed by atoms with Crippen LogP contribution in [0.15, 0.2) is 36.7 Å². The van der Waals surface area contributed by atoms with Crippen molar-refractivity contribution < 1.29 is 5.11 Å². The molecule has 0 saturated heterocycles. The number of aryl methyl sites for hydroxylation is 3. The molecule has 19 heavy (non-hydrogen) atoms. The Labute approximate surface area is 114 Å². The summed E-state index contributed by atoms with van der Waals surface area (Å²) in [4.78, 5) is 4.11. The van der Waals surface area contributed by atoms with Crippen LogP contribution in [0.5, 0.6) is 0 Å². The first-order valence-electron chi connectivity index (χ1n) is 6.93. The third kappa shape index (κ3) is 2.54. The molecule has 0 spiro atoms. The smallest absolute Gasteiger partial charge is 0.0847 e. The van der Waals surface area contributed by atoms with E-state index in [0.717, 1.165) is 11.1 Å². The molecular weight excluding hydrogens is 234 g/mol. The Kier molecular flexibility index (Phi) is 3.34. The molecule has 3 rings (SSSR count). The zero-order chi connectivity index (χ0) is 13.2. The Balaban J connectivity index is 1.80. The van der Waals surface area contributed by atoms with Gasteiger partial charge in [-0.15, -0.1) is 0 Å². The molecule has 2 aromatic rings. The molecule has 1 atom stereocenters. The van der Waals surface area contributed by atoms with E-state index in [1.165, 1.54) is 36.0 Å². The molecule has 1 aromatic heterocycles. The third-order valence-electron chi connectivity index (χ3n) is 4.03. The van der Waals surface area contributed by atoms with Gasteiger partial charge in [-0.2, -0.15) is 0 Å². The molecule has 1 heterocycles. The zero-order valence-corrected chi connectivity index (χ0v) is 11.3. The van der Waals surface area contributed by atoms with Crippen LogP contribution < -0.4 is 0 Å². The molecule has 1 N–H and O–H groups in total. The summed E-state index contributed by atoms with van der Waals surface area (Å²) < 4.78 is 0. The number of fused-ring (bicyclic) bond motifs is 1. The molecule has 2 nitrogen and oxygen atoms in total. The number of aliphatic hydroxyl groups is 1. The number of rotatable bonds is 3. The Morgan fingerprint density at radius 2 is 2.05 bits per heavy atom. The largest absolute Gasteiger partial charge is 0.388 e. The fraction of sp³-hybridized carbons (Fsp3) is 0.353. The molecule has 0 saturated carbocycles. The molecule has 1 aliphatic carbocycles. The Bertz CT molecular complexity index is 592. The highest BCUT2D eigenvalue weighted by atomic mass is 16.3. The molecule has 2 heteroatoms. The van der Waals surface area contributed by atoms with Gasteiger partial charge >= 0.3 is 0 Å². The van der Waals surface area contributed by atoms with E-state index in [4.69, 9.17) is 0 Å². The number of benzene rings is 1. The van der Waals surface area contributed by atoms with Crippen LogP contribution >= 0.6 is 0 Å². The van der Waals surface area contributed by atoms with E-state index in [9.17, 15) is 5.11 Å². The first-order chi connectivity index (χ1) is 9.24. The fourth-order valence-electron chi connectivity index (χ4n) is 2.91. The molecule has 0 radical (unpaired) electrons. The van der Waals surface area contributed by atoms with Crippen LogP contribution in [0.2, 0.25) is 0 Å². The van der Waals surface area contributed by atoms with E-state index in [2.05, 4.69) is 23.2 Å². The van der Waals surface area contributed by atoms with Gasteiger partial charge in [0.05, 0.1) is 6.10 Å². The summed E-state index contributed by atoms with van der Waals surface area (Å²) in [7, 11) is 0. The number of nitrogens with zero attached hydrogens (tertiary/aromatic N) is 1. The number of pyridine rings is 1. The minimum Gasteiger partial charge on any atom is -0.388 e. The average Bonchev–Trinajstić information content (AvgIpc) is 2.86. The quantitative estimate of drug-likeness (QED) is 0.911. The number of hydrogen-bond acceptors (Lipinski definition) is 2. The average molecular weight is 253 g/mol. The summed E-state index contributed by atoms with van der Waals surface area (Å²) in [6, 6.07) is 8.58. The second-order valence-electron chi connectivity index (χ2n) is 5.41. The van der Waals surface area contributed by atoms with Crippen molar-refractivity contribution in [3.8, 4) is 0 Å². The van der Waals surface area contributed by atoms with Crippen LogP contribution in [-0.4, -0.2) is 10.1 Å². The number of aliphatic hydroxyl groups excluding tert-OH is 1. The lowest BCUT2D eigenvalue weighted by molar-refractivity contribution is 0.177. The van der Waals surface area contributed by atoms with Crippen LogP contribution in [0.25, 0.3) is 0 Å². The molecule has 1 unspecified atom stereocenters. The van der Waals surface area contributed by atoms with Crippen LogP contribution in [0.4, 0.5) is 0 Å². The van der Waals surface area contributed by atoms with Gasteiger partial charge in [-0.25, -0.2) is 0 Å². The van der Waals surface area contributed by atoms with Gasteiger partial charge in [0.1, 0.15) is 0 Å². The summed E-state index contributed by atoms with van der Waals surface area (Å²) >= 11 is 0. The lowest BCUT2D eigenvalue weighted by Crippen LogP contribution is -2.04. The van der Waals surface area contributed by atoms with E-state index < -0.39 is 6.10 Å². The van der Waals surface area contributed by atoms with Gasteiger partial charge in [0, 0.05) is 24.4 Å². The van der Waals surface area contributed by atoms with Crippen LogP contribution in [0.1, 0.15) is 40.3 Å². The second kappa shape index (κ2) is 5.14. The lowest BCUT2D eigenvalue weighted by Gasteiger charge is -2.14. The first kappa shape index (κ1) is 12.4. The monoisotopic (exact) mass is 253 g/mol. The molecule has 1 aromatic carbocycles. The van der Waals surface area contributed by atoms with Gasteiger partial charge in [0.15, 0.2) is 0 Å². The lowest BCUT2D eigenvalue weighted by atomic mass is 9.97. The number of aromatic nitrogens is 1. The molecule has 0 bridgehead atoms. The van der Waals surface area contributed by atoms with E-state index in [0.29, 0.717) is 6.42 Å². The standard InChI is InChI=1S/C17H19NO/c1-12-7-8-18-11-16(12)17(19)10-13-5-6-14-3-2-4-15(14)9-13/h5-9,11,17,19H,2-4,10H2,1H3. The fourth-order valence-corrected chi connectivity index (χ4v) is 2.91. The normalized spacial score (nSPS) is 15.3. The number of hydrogen-bond donors (Lipinski definition) is 1. The van der Waals surface area contributed by atoms with E-state index in [1.807, 2.05) is 13.0 Å². The highest BCUT2D eigenvalue weighted by molar-refractivity contribution is 5.36.